The smallest absolute Gasteiger partial charge is 0.151 e. The molecular weight excluding hydrogens is 301 g/mol. The Morgan fingerprint density at radius 3 is 2.61 bits per heavy atom. The highest BCUT2D eigenvalue weighted by Gasteiger charge is 2.08. The van der Waals surface area contributed by atoms with Crippen molar-refractivity contribution in [3.05, 3.63) is 46.7 Å². The molecule has 94 valence electrons. The first-order chi connectivity index (χ1) is 8.60. The maximum atomic E-state index is 13.2. The van der Waals surface area contributed by atoms with Crippen LogP contribution in [0.3, 0.4) is 0 Å². The molecule has 0 aromatic heterocycles. The SMILES string of the molecule is COc1cccc(Oc2cc(Br)c(F)cc2N)c1. The maximum Gasteiger partial charge on any atom is 0.151 e. The molecule has 2 aromatic carbocycles. The summed E-state index contributed by atoms with van der Waals surface area (Å²) in [5.74, 6) is 1.20. The molecule has 2 N–H and O–H groups in total. The van der Waals surface area contributed by atoms with Crippen molar-refractivity contribution in [3.8, 4) is 17.2 Å². The number of benzene rings is 2. The van der Waals surface area contributed by atoms with Crippen LogP contribution in [0.1, 0.15) is 0 Å². The summed E-state index contributed by atoms with van der Waals surface area (Å²) in [6.45, 7) is 0. The second-order valence-electron chi connectivity index (χ2n) is 3.59. The Bertz CT molecular complexity index is 575. The number of hydrogen-bond acceptors (Lipinski definition) is 3. The standard InChI is InChI=1S/C13H11BrFNO2/c1-17-8-3-2-4-9(5-8)18-13-6-10(14)11(15)7-12(13)16/h2-7H,16H2,1H3. The highest BCUT2D eigenvalue weighted by atomic mass is 79.9. The normalized spacial score (nSPS) is 10.2. The lowest BCUT2D eigenvalue weighted by atomic mass is 10.3. The second-order valence-corrected chi connectivity index (χ2v) is 4.44. The molecule has 2 rings (SSSR count). The first-order valence-corrected chi connectivity index (χ1v) is 5.96. The van der Waals surface area contributed by atoms with E-state index in [1.807, 2.05) is 0 Å². The van der Waals surface area contributed by atoms with E-state index in [-0.39, 0.29) is 5.69 Å². The van der Waals surface area contributed by atoms with E-state index in [1.54, 1.807) is 31.4 Å². The third-order valence-corrected chi connectivity index (χ3v) is 2.93. The van der Waals surface area contributed by atoms with Crippen LogP contribution in [-0.2, 0) is 0 Å². The van der Waals surface area contributed by atoms with Gasteiger partial charge < -0.3 is 15.2 Å². The fraction of sp³-hybridized carbons (Fsp3) is 0.0769. The minimum atomic E-state index is -0.425. The Morgan fingerprint density at radius 1 is 1.17 bits per heavy atom. The molecule has 3 nitrogen and oxygen atoms in total. The summed E-state index contributed by atoms with van der Waals surface area (Å²) >= 11 is 3.09. The number of hydrogen-bond donors (Lipinski definition) is 1. The van der Waals surface area contributed by atoms with E-state index in [0.29, 0.717) is 21.7 Å². The minimum absolute atomic E-state index is 0.235. The molecule has 5 heteroatoms. The van der Waals surface area contributed by atoms with Crippen LogP contribution in [0, 0.1) is 5.82 Å². The molecule has 0 unspecified atom stereocenters. The Balaban J connectivity index is 2.30. The molecule has 0 aliphatic heterocycles. The van der Waals surface area contributed by atoms with Gasteiger partial charge in [0.25, 0.3) is 0 Å². The van der Waals surface area contributed by atoms with Gasteiger partial charge in [-0.05, 0) is 28.1 Å². The average Bonchev–Trinajstić information content (AvgIpc) is 2.36. The van der Waals surface area contributed by atoms with Crippen LogP contribution >= 0.6 is 15.9 Å². The zero-order valence-electron chi connectivity index (χ0n) is 9.61. The van der Waals surface area contributed by atoms with Crippen molar-refractivity contribution in [2.24, 2.45) is 0 Å². The third-order valence-electron chi connectivity index (χ3n) is 2.32. The van der Waals surface area contributed by atoms with Gasteiger partial charge in [0.1, 0.15) is 17.3 Å². The monoisotopic (exact) mass is 311 g/mol. The zero-order chi connectivity index (χ0) is 13.1. The van der Waals surface area contributed by atoms with Gasteiger partial charge >= 0.3 is 0 Å². The first-order valence-electron chi connectivity index (χ1n) is 5.16. The largest absolute Gasteiger partial charge is 0.497 e. The number of methoxy groups -OCH3 is 1. The summed E-state index contributed by atoms with van der Waals surface area (Å²) in [5, 5.41) is 0. The molecule has 0 aliphatic carbocycles. The lowest BCUT2D eigenvalue weighted by Gasteiger charge is -2.10. The molecule has 18 heavy (non-hydrogen) atoms. The lowest BCUT2D eigenvalue weighted by Crippen LogP contribution is -1.94. The van der Waals surface area contributed by atoms with Gasteiger partial charge in [-0.2, -0.15) is 0 Å². The molecule has 0 aliphatic rings. The van der Waals surface area contributed by atoms with Crippen LogP contribution in [-0.4, -0.2) is 7.11 Å². The second kappa shape index (κ2) is 5.27. The van der Waals surface area contributed by atoms with Gasteiger partial charge in [-0.1, -0.05) is 6.07 Å². The molecule has 0 saturated heterocycles. The van der Waals surface area contributed by atoms with Crippen molar-refractivity contribution in [2.45, 2.75) is 0 Å². The fourth-order valence-corrected chi connectivity index (χ4v) is 1.75. The molecule has 0 heterocycles. The van der Waals surface area contributed by atoms with Crippen molar-refractivity contribution < 1.29 is 13.9 Å². The summed E-state index contributed by atoms with van der Waals surface area (Å²) in [5.41, 5.74) is 5.93. The molecule has 0 spiro atoms. The first kappa shape index (κ1) is 12.7. The average molecular weight is 312 g/mol. The minimum Gasteiger partial charge on any atom is -0.497 e. The number of nitrogen functional groups attached to an aromatic ring is 1. The molecule has 0 bridgehead atoms. The molecule has 0 atom stereocenters. The van der Waals surface area contributed by atoms with E-state index in [2.05, 4.69) is 15.9 Å². The van der Waals surface area contributed by atoms with Crippen LogP contribution in [0.25, 0.3) is 0 Å². The van der Waals surface area contributed by atoms with Gasteiger partial charge in [0.2, 0.25) is 0 Å². The van der Waals surface area contributed by atoms with Gasteiger partial charge in [0, 0.05) is 18.2 Å². The number of rotatable bonds is 3. The highest BCUT2D eigenvalue weighted by molar-refractivity contribution is 9.10. The lowest BCUT2D eigenvalue weighted by molar-refractivity contribution is 0.409. The summed E-state index contributed by atoms with van der Waals surface area (Å²) in [6.07, 6.45) is 0. The molecule has 0 fully saturated rings. The van der Waals surface area contributed by atoms with Crippen LogP contribution in [0.2, 0.25) is 0 Å². The van der Waals surface area contributed by atoms with Gasteiger partial charge in [-0.3, -0.25) is 0 Å². The Labute approximate surface area is 112 Å². The van der Waals surface area contributed by atoms with E-state index in [9.17, 15) is 4.39 Å². The summed E-state index contributed by atoms with van der Waals surface area (Å²) in [6, 6.07) is 9.78. The van der Waals surface area contributed by atoms with Gasteiger partial charge in [0.05, 0.1) is 17.3 Å². The topological polar surface area (TPSA) is 44.5 Å². The molecule has 0 radical (unpaired) electrons. The van der Waals surface area contributed by atoms with E-state index < -0.39 is 5.82 Å². The van der Waals surface area contributed by atoms with Gasteiger partial charge in [-0.15, -0.1) is 0 Å². The molecule has 0 amide bonds. The van der Waals surface area contributed by atoms with Crippen molar-refractivity contribution in [1.82, 2.24) is 0 Å². The van der Waals surface area contributed by atoms with Crippen LogP contribution in [0.5, 0.6) is 17.2 Å². The summed E-state index contributed by atoms with van der Waals surface area (Å²) in [7, 11) is 1.57. The van der Waals surface area contributed by atoms with E-state index in [4.69, 9.17) is 15.2 Å². The number of anilines is 1. The predicted octanol–water partition coefficient (Wildman–Crippen LogP) is 3.97. The van der Waals surface area contributed by atoms with Gasteiger partial charge in [-0.25, -0.2) is 4.39 Å². The quantitative estimate of drug-likeness (QED) is 0.872. The van der Waals surface area contributed by atoms with Gasteiger partial charge in [0.15, 0.2) is 5.75 Å². The maximum absolute atomic E-state index is 13.2. The Kier molecular flexibility index (Phi) is 3.72. The van der Waals surface area contributed by atoms with Crippen molar-refractivity contribution in [3.63, 3.8) is 0 Å². The zero-order valence-corrected chi connectivity index (χ0v) is 11.2. The Morgan fingerprint density at radius 2 is 1.89 bits per heavy atom. The number of nitrogens with two attached hydrogens (primary N) is 1. The molecular formula is C13H11BrFNO2. The third kappa shape index (κ3) is 2.73. The highest BCUT2D eigenvalue weighted by Crippen LogP contribution is 2.33. The molecule has 0 saturated carbocycles. The van der Waals surface area contributed by atoms with Crippen LogP contribution in [0.4, 0.5) is 10.1 Å². The van der Waals surface area contributed by atoms with E-state index >= 15 is 0 Å². The van der Waals surface area contributed by atoms with Crippen molar-refractivity contribution in [2.75, 3.05) is 12.8 Å². The number of halogens is 2. The number of ether oxygens (including phenoxy) is 2. The van der Waals surface area contributed by atoms with Crippen molar-refractivity contribution in [1.29, 1.82) is 0 Å². The summed E-state index contributed by atoms with van der Waals surface area (Å²) < 4.78 is 24.2. The molecule has 2 aromatic rings. The van der Waals surface area contributed by atoms with Crippen LogP contribution < -0.4 is 15.2 Å². The van der Waals surface area contributed by atoms with E-state index in [0.717, 1.165) is 0 Å². The summed E-state index contributed by atoms with van der Waals surface area (Å²) in [4.78, 5) is 0. The van der Waals surface area contributed by atoms with E-state index in [1.165, 1.54) is 12.1 Å². The van der Waals surface area contributed by atoms with Crippen LogP contribution in [0.15, 0.2) is 40.9 Å². The predicted molar refractivity (Wildman–Crippen MR) is 71.6 cm³/mol. The Hall–Kier alpha value is -1.75. The fourth-order valence-electron chi connectivity index (χ4n) is 1.42. The van der Waals surface area contributed by atoms with Crippen molar-refractivity contribution >= 4 is 21.6 Å².